The Kier molecular flexibility index (Phi) is 5.37. The predicted octanol–water partition coefficient (Wildman–Crippen LogP) is 2.47. The fraction of sp³-hybridized carbons (Fsp3) is 0.650. The van der Waals surface area contributed by atoms with Crippen LogP contribution in [0.1, 0.15) is 44.1 Å². The lowest BCUT2D eigenvalue weighted by Gasteiger charge is -2.34. The maximum absolute atomic E-state index is 11.8. The minimum Gasteiger partial charge on any atom is -0.492 e. The zero-order valence-electron chi connectivity index (χ0n) is 16.7. The molecule has 2 N–H and O–H groups in total. The van der Waals surface area contributed by atoms with Crippen molar-refractivity contribution in [2.75, 3.05) is 39.0 Å². The van der Waals surface area contributed by atoms with Gasteiger partial charge in [-0.05, 0) is 56.3 Å². The maximum atomic E-state index is 11.8. The molecule has 0 aromatic carbocycles. The number of H-pyrrole nitrogens is 1. The summed E-state index contributed by atoms with van der Waals surface area (Å²) in [5.41, 5.74) is 2.23. The van der Waals surface area contributed by atoms with E-state index >= 15 is 0 Å². The molecule has 0 spiro atoms. The van der Waals surface area contributed by atoms with Crippen molar-refractivity contribution in [1.82, 2.24) is 19.6 Å². The lowest BCUT2D eigenvalue weighted by molar-refractivity contribution is 0.124. The third kappa shape index (κ3) is 4.04. The molecule has 2 aliphatic heterocycles. The number of aromatic amines is 1. The third-order valence-electron chi connectivity index (χ3n) is 6.32. The molecule has 7 nitrogen and oxygen atoms in total. The topological polar surface area (TPSA) is 87.3 Å². The number of ether oxygens (including phenoxy) is 1. The van der Waals surface area contributed by atoms with Gasteiger partial charge in [0.15, 0.2) is 0 Å². The lowest BCUT2D eigenvalue weighted by atomic mass is 9.82. The molecular weight excluding hydrogens is 376 g/mol. The molecule has 0 amide bonds. The van der Waals surface area contributed by atoms with Gasteiger partial charge in [-0.25, -0.2) is 17.7 Å². The van der Waals surface area contributed by atoms with E-state index in [4.69, 9.17) is 4.74 Å². The van der Waals surface area contributed by atoms with E-state index in [2.05, 4.69) is 22.2 Å². The molecule has 4 heterocycles. The van der Waals surface area contributed by atoms with E-state index in [1.54, 1.807) is 10.5 Å². The molecule has 154 valence electrons. The van der Waals surface area contributed by atoms with E-state index in [0.717, 1.165) is 55.6 Å². The molecule has 2 aliphatic rings. The summed E-state index contributed by atoms with van der Waals surface area (Å²) < 4.78 is 31.5. The van der Waals surface area contributed by atoms with Gasteiger partial charge in [0.25, 0.3) is 0 Å². The van der Waals surface area contributed by atoms with Gasteiger partial charge in [-0.1, -0.05) is 6.92 Å². The summed E-state index contributed by atoms with van der Waals surface area (Å²) in [6, 6.07) is 1.95. The molecule has 8 heteroatoms. The minimum absolute atomic E-state index is 0.193. The molecule has 0 unspecified atom stereocenters. The average molecular weight is 407 g/mol. The van der Waals surface area contributed by atoms with Crippen molar-refractivity contribution in [3.05, 3.63) is 24.0 Å². The van der Waals surface area contributed by atoms with E-state index in [0.29, 0.717) is 25.6 Å². The van der Waals surface area contributed by atoms with Crippen LogP contribution in [0.3, 0.4) is 0 Å². The third-order valence-corrected chi connectivity index (χ3v) is 7.62. The van der Waals surface area contributed by atoms with Gasteiger partial charge in [0, 0.05) is 30.9 Å². The Morgan fingerprint density at radius 1 is 1.29 bits per heavy atom. The van der Waals surface area contributed by atoms with Gasteiger partial charge in [0.05, 0.1) is 18.2 Å². The van der Waals surface area contributed by atoms with Gasteiger partial charge in [-0.3, -0.25) is 0 Å². The van der Waals surface area contributed by atoms with Crippen molar-refractivity contribution in [2.24, 2.45) is 5.41 Å². The number of fused-ring (bicyclic) bond motifs is 1. The standard InChI is InChI=1S/C20H30N4O3S/c1-20(6-9-21-10-7-20)14-27-17-3-8-22-19-18(17)16(13-23-19)15-4-11-24(12-5-15)28(2,25)26/h3,8,13,15,21H,4-7,9-12,14H2,1-2H3,(H,22,23). The summed E-state index contributed by atoms with van der Waals surface area (Å²) in [4.78, 5) is 7.75. The van der Waals surface area contributed by atoms with Gasteiger partial charge >= 0.3 is 0 Å². The number of piperidine rings is 2. The number of nitrogens with zero attached hydrogens (tertiary/aromatic N) is 2. The SMILES string of the molecule is CC1(COc2ccnc3[nH]cc(C4CCN(S(C)(=O)=O)CC4)c23)CCNCC1. The van der Waals surface area contributed by atoms with Crippen molar-refractivity contribution in [2.45, 2.75) is 38.5 Å². The van der Waals surface area contributed by atoms with Crippen LogP contribution in [0.4, 0.5) is 0 Å². The van der Waals surface area contributed by atoms with Crippen LogP contribution in [-0.2, 0) is 10.0 Å². The summed E-state index contributed by atoms with van der Waals surface area (Å²) in [6.07, 6.45) is 8.97. The minimum atomic E-state index is -3.11. The number of rotatable bonds is 5. The van der Waals surface area contributed by atoms with Crippen LogP contribution in [-0.4, -0.2) is 61.7 Å². The Bertz CT molecular complexity index is 926. The molecule has 0 bridgehead atoms. The first-order valence-electron chi connectivity index (χ1n) is 10.1. The second-order valence-electron chi connectivity index (χ2n) is 8.56. The summed E-state index contributed by atoms with van der Waals surface area (Å²) in [5, 5.41) is 4.47. The highest BCUT2D eigenvalue weighted by atomic mass is 32.2. The zero-order chi connectivity index (χ0) is 19.8. The lowest BCUT2D eigenvalue weighted by Crippen LogP contribution is -2.38. The van der Waals surface area contributed by atoms with Gasteiger partial charge in [-0.15, -0.1) is 0 Å². The highest BCUT2D eigenvalue weighted by Crippen LogP contribution is 2.38. The Hall–Kier alpha value is -1.64. The van der Waals surface area contributed by atoms with Crippen LogP contribution in [0, 0.1) is 5.41 Å². The van der Waals surface area contributed by atoms with Crippen LogP contribution >= 0.6 is 0 Å². The fourth-order valence-corrected chi connectivity index (χ4v) is 5.29. The van der Waals surface area contributed by atoms with E-state index in [1.807, 2.05) is 12.3 Å². The molecule has 2 aromatic heterocycles. The molecule has 2 fully saturated rings. The van der Waals surface area contributed by atoms with Crippen LogP contribution in [0.5, 0.6) is 5.75 Å². The van der Waals surface area contributed by atoms with Crippen molar-refractivity contribution in [3.8, 4) is 5.75 Å². The van der Waals surface area contributed by atoms with Crippen molar-refractivity contribution in [3.63, 3.8) is 0 Å². The number of nitrogens with one attached hydrogen (secondary N) is 2. The zero-order valence-corrected chi connectivity index (χ0v) is 17.5. The van der Waals surface area contributed by atoms with Gasteiger partial charge in [0.2, 0.25) is 10.0 Å². The number of aromatic nitrogens is 2. The Balaban J connectivity index is 1.54. The van der Waals surface area contributed by atoms with Gasteiger partial charge < -0.3 is 15.0 Å². The molecule has 2 saturated heterocycles. The molecule has 4 rings (SSSR count). The predicted molar refractivity (Wildman–Crippen MR) is 110 cm³/mol. The molecule has 0 saturated carbocycles. The highest BCUT2D eigenvalue weighted by molar-refractivity contribution is 7.88. The second-order valence-corrected chi connectivity index (χ2v) is 10.5. The van der Waals surface area contributed by atoms with Crippen molar-refractivity contribution in [1.29, 1.82) is 0 Å². The molecule has 0 atom stereocenters. The summed E-state index contributed by atoms with van der Waals surface area (Å²) in [5.74, 6) is 1.19. The molecule has 0 aliphatic carbocycles. The van der Waals surface area contributed by atoms with E-state index in [1.165, 1.54) is 11.8 Å². The molecule has 2 aromatic rings. The van der Waals surface area contributed by atoms with Crippen molar-refractivity contribution < 1.29 is 13.2 Å². The smallest absolute Gasteiger partial charge is 0.211 e. The fourth-order valence-electron chi connectivity index (χ4n) is 4.42. The first kappa shape index (κ1) is 19.7. The van der Waals surface area contributed by atoms with E-state index in [-0.39, 0.29) is 5.41 Å². The highest BCUT2D eigenvalue weighted by Gasteiger charge is 2.30. The summed E-state index contributed by atoms with van der Waals surface area (Å²) in [6.45, 7) is 6.21. The molecule has 28 heavy (non-hydrogen) atoms. The largest absolute Gasteiger partial charge is 0.492 e. The second kappa shape index (κ2) is 7.65. The first-order chi connectivity index (χ1) is 13.4. The van der Waals surface area contributed by atoms with Crippen molar-refractivity contribution >= 4 is 21.1 Å². The number of sulfonamides is 1. The summed E-state index contributed by atoms with van der Waals surface area (Å²) >= 11 is 0. The van der Waals surface area contributed by atoms with Gasteiger partial charge in [-0.2, -0.15) is 0 Å². The average Bonchev–Trinajstić information content (AvgIpc) is 3.11. The van der Waals surface area contributed by atoms with Crippen LogP contribution in [0.2, 0.25) is 0 Å². The van der Waals surface area contributed by atoms with Crippen LogP contribution in [0.15, 0.2) is 18.5 Å². The van der Waals surface area contributed by atoms with Gasteiger partial charge in [0.1, 0.15) is 11.4 Å². The normalized spacial score (nSPS) is 21.8. The maximum Gasteiger partial charge on any atom is 0.211 e. The monoisotopic (exact) mass is 406 g/mol. The van der Waals surface area contributed by atoms with E-state index in [9.17, 15) is 8.42 Å². The Labute approximate surface area is 166 Å². The first-order valence-corrected chi connectivity index (χ1v) is 12.0. The number of hydrogen-bond acceptors (Lipinski definition) is 5. The number of pyridine rings is 1. The number of hydrogen-bond donors (Lipinski definition) is 2. The Morgan fingerprint density at radius 3 is 2.68 bits per heavy atom. The van der Waals surface area contributed by atoms with Crippen LogP contribution in [0.25, 0.3) is 11.0 Å². The molecule has 0 radical (unpaired) electrons. The summed E-state index contributed by atoms with van der Waals surface area (Å²) in [7, 11) is -3.11. The molecular formula is C20H30N4O3S. The Morgan fingerprint density at radius 2 is 2.00 bits per heavy atom. The van der Waals surface area contributed by atoms with E-state index < -0.39 is 10.0 Å². The van der Waals surface area contributed by atoms with Crippen LogP contribution < -0.4 is 10.1 Å². The quantitative estimate of drug-likeness (QED) is 0.797.